The highest BCUT2D eigenvalue weighted by molar-refractivity contribution is 5.93. The third-order valence-electron chi connectivity index (χ3n) is 5.10. The predicted octanol–water partition coefficient (Wildman–Crippen LogP) is 4.14. The van der Waals surface area contributed by atoms with Gasteiger partial charge in [0.05, 0.1) is 0 Å². The summed E-state index contributed by atoms with van der Waals surface area (Å²) >= 11 is 0. The van der Waals surface area contributed by atoms with Gasteiger partial charge in [0.15, 0.2) is 0 Å². The molecule has 0 atom stereocenters. The Morgan fingerprint density at radius 3 is 2.62 bits per heavy atom. The van der Waals surface area contributed by atoms with E-state index in [9.17, 15) is 4.79 Å². The van der Waals surface area contributed by atoms with Crippen molar-refractivity contribution >= 4 is 28.3 Å². The second-order valence-corrected chi connectivity index (χ2v) is 6.94. The number of aromatic nitrogens is 1. The van der Waals surface area contributed by atoms with Crippen LogP contribution in [0, 0.1) is 13.8 Å². The third kappa shape index (κ3) is 3.12. The maximum atomic E-state index is 12.6. The van der Waals surface area contributed by atoms with Crippen LogP contribution in [0.4, 0.5) is 16.2 Å². The summed E-state index contributed by atoms with van der Waals surface area (Å²) in [4.78, 5) is 20.1. The molecular formula is C21H24N4O. The minimum Gasteiger partial charge on any atom is -0.367 e. The Balaban J connectivity index is 1.41. The Kier molecular flexibility index (Phi) is 4.29. The van der Waals surface area contributed by atoms with E-state index in [-0.39, 0.29) is 6.03 Å². The van der Waals surface area contributed by atoms with Crippen LogP contribution in [-0.4, -0.2) is 42.1 Å². The fraction of sp³-hybridized carbons (Fsp3) is 0.286. The number of amides is 2. The molecule has 5 nitrogen and oxygen atoms in total. The molecule has 4 rings (SSSR count). The van der Waals surface area contributed by atoms with Gasteiger partial charge in [0.25, 0.3) is 0 Å². The first kappa shape index (κ1) is 16.5. The number of benzene rings is 2. The summed E-state index contributed by atoms with van der Waals surface area (Å²) in [6.45, 7) is 7.20. The summed E-state index contributed by atoms with van der Waals surface area (Å²) in [5, 5.41) is 4.29. The summed E-state index contributed by atoms with van der Waals surface area (Å²) in [5.74, 6) is 0. The van der Waals surface area contributed by atoms with Gasteiger partial charge < -0.3 is 20.1 Å². The number of H-pyrrole nitrogens is 1. The summed E-state index contributed by atoms with van der Waals surface area (Å²) in [5.41, 5.74) is 5.57. The van der Waals surface area contributed by atoms with Gasteiger partial charge in [-0.05, 0) is 43.7 Å². The van der Waals surface area contributed by atoms with Crippen LogP contribution in [0.25, 0.3) is 10.9 Å². The first-order valence-electron chi connectivity index (χ1n) is 9.06. The number of fused-ring (bicyclic) bond motifs is 1. The van der Waals surface area contributed by atoms with E-state index >= 15 is 0 Å². The first-order chi connectivity index (χ1) is 12.6. The van der Waals surface area contributed by atoms with Crippen LogP contribution in [0.5, 0.6) is 0 Å². The molecule has 0 spiro atoms. The number of nitrogens with zero attached hydrogens (tertiary/aromatic N) is 2. The molecule has 2 aromatic carbocycles. The van der Waals surface area contributed by atoms with Gasteiger partial charge in [-0.1, -0.05) is 23.8 Å². The maximum Gasteiger partial charge on any atom is 0.321 e. The molecule has 1 saturated heterocycles. The number of aryl methyl sites for hydroxylation is 2. The van der Waals surface area contributed by atoms with Crippen molar-refractivity contribution < 1.29 is 4.79 Å². The fourth-order valence-corrected chi connectivity index (χ4v) is 3.64. The van der Waals surface area contributed by atoms with E-state index in [0.717, 1.165) is 42.9 Å². The Morgan fingerprint density at radius 2 is 1.85 bits per heavy atom. The van der Waals surface area contributed by atoms with Crippen LogP contribution in [0.3, 0.4) is 0 Å². The monoisotopic (exact) mass is 348 g/mol. The van der Waals surface area contributed by atoms with Crippen molar-refractivity contribution in [3.05, 3.63) is 59.8 Å². The fourth-order valence-electron chi connectivity index (χ4n) is 3.64. The van der Waals surface area contributed by atoms with Crippen LogP contribution < -0.4 is 10.2 Å². The second kappa shape index (κ2) is 6.75. The Morgan fingerprint density at radius 1 is 1.04 bits per heavy atom. The lowest BCUT2D eigenvalue weighted by Gasteiger charge is -2.36. The van der Waals surface area contributed by atoms with Crippen molar-refractivity contribution in [3.63, 3.8) is 0 Å². The van der Waals surface area contributed by atoms with Crippen molar-refractivity contribution in [2.75, 3.05) is 36.4 Å². The molecule has 0 unspecified atom stereocenters. The highest BCUT2D eigenvalue weighted by atomic mass is 16.2. The van der Waals surface area contributed by atoms with Crippen molar-refractivity contribution in [3.8, 4) is 0 Å². The van der Waals surface area contributed by atoms with Gasteiger partial charge in [-0.2, -0.15) is 0 Å². The average molecular weight is 348 g/mol. The number of nitrogens with one attached hydrogen (secondary N) is 2. The number of carbonyl (C=O) groups excluding carboxylic acids is 1. The minimum atomic E-state index is -0.0172. The topological polar surface area (TPSA) is 51.4 Å². The number of hydrogen-bond donors (Lipinski definition) is 2. The zero-order valence-electron chi connectivity index (χ0n) is 15.2. The van der Waals surface area contributed by atoms with E-state index in [1.165, 1.54) is 16.6 Å². The lowest BCUT2D eigenvalue weighted by molar-refractivity contribution is 0.208. The summed E-state index contributed by atoms with van der Waals surface area (Å²) < 4.78 is 0. The first-order valence-corrected chi connectivity index (χ1v) is 9.06. The van der Waals surface area contributed by atoms with Crippen LogP contribution >= 0.6 is 0 Å². The van der Waals surface area contributed by atoms with Crippen molar-refractivity contribution in [1.29, 1.82) is 0 Å². The van der Waals surface area contributed by atoms with E-state index in [1.807, 2.05) is 30.2 Å². The van der Waals surface area contributed by atoms with Crippen LogP contribution in [-0.2, 0) is 0 Å². The molecule has 3 aromatic rings. The number of carbonyl (C=O) groups is 1. The Labute approximate surface area is 153 Å². The normalized spacial score (nSPS) is 14.7. The van der Waals surface area contributed by atoms with Gasteiger partial charge in [-0.3, -0.25) is 0 Å². The van der Waals surface area contributed by atoms with E-state index in [1.54, 1.807) is 0 Å². The molecule has 0 saturated carbocycles. The SMILES string of the molecule is Cc1ccc(NC(=O)N2CCN(c3cccc4[nH]ccc34)CC2)c(C)c1. The zero-order chi connectivity index (χ0) is 18.1. The molecule has 1 fully saturated rings. The van der Waals surface area contributed by atoms with Gasteiger partial charge in [0.1, 0.15) is 0 Å². The smallest absolute Gasteiger partial charge is 0.321 e. The van der Waals surface area contributed by atoms with Crippen LogP contribution in [0.1, 0.15) is 11.1 Å². The molecule has 1 aliphatic heterocycles. The van der Waals surface area contributed by atoms with Gasteiger partial charge >= 0.3 is 6.03 Å². The zero-order valence-corrected chi connectivity index (χ0v) is 15.2. The average Bonchev–Trinajstić information content (AvgIpc) is 3.13. The van der Waals surface area contributed by atoms with Gasteiger partial charge in [0.2, 0.25) is 0 Å². The van der Waals surface area contributed by atoms with Crippen LogP contribution in [0.15, 0.2) is 48.7 Å². The van der Waals surface area contributed by atoms with Crippen LogP contribution in [0.2, 0.25) is 0 Å². The van der Waals surface area contributed by atoms with Crippen molar-refractivity contribution in [1.82, 2.24) is 9.88 Å². The van der Waals surface area contributed by atoms with E-state index in [0.29, 0.717) is 0 Å². The third-order valence-corrected chi connectivity index (χ3v) is 5.10. The standard InChI is InChI=1S/C21H24N4O/c1-15-6-7-18(16(2)14-15)23-21(26)25-12-10-24(11-13-25)20-5-3-4-19-17(20)8-9-22-19/h3-9,14,22H,10-13H2,1-2H3,(H,23,26). The molecule has 0 aliphatic carbocycles. The molecule has 26 heavy (non-hydrogen) atoms. The number of rotatable bonds is 2. The maximum absolute atomic E-state index is 12.6. The molecule has 2 N–H and O–H groups in total. The van der Waals surface area contributed by atoms with Crippen molar-refractivity contribution in [2.45, 2.75) is 13.8 Å². The van der Waals surface area contributed by atoms with E-state index in [4.69, 9.17) is 0 Å². The molecule has 0 radical (unpaired) electrons. The number of aromatic amines is 1. The highest BCUT2D eigenvalue weighted by Crippen LogP contribution is 2.27. The summed E-state index contributed by atoms with van der Waals surface area (Å²) in [7, 11) is 0. The summed E-state index contributed by atoms with van der Waals surface area (Å²) in [6.07, 6.45) is 1.97. The number of urea groups is 1. The second-order valence-electron chi connectivity index (χ2n) is 6.94. The molecule has 1 aromatic heterocycles. The Bertz CT molecular complexity index is 938. The highest BCUT2D eigenvalue weighted by Gasteiger charge is 2.22. The van der Waals surface area contributed by atoms with Gasteiger partial charge in [-0.25, -0.2) is 4.79 Å². The lowest BCUT2D eigenvalue weighted by Crippen LogP contribution is -2.50. The minimum absolute atomic E-state index is 0.0172. The van der Waals surface area contributed by atoms with Gasteiger partial charge in [-0.15, -0.1) is 0 Å². The molecule has 134 valence electrons. The Hall–Kier alpha value is -2.95. The van der Waals surface area contributed by atoms with Gasteiger partial charge in [0, 0.05) is 54.7 Å². The molecule has 0 bridgehead atoms. The lowest BCUT2D eigenvalue weighted by atomic mass is 10.1. The van der Waals surface area contributed by atoms with E-state index in [2.05, 4.69) is 52.5 Å². The molecule has 1 aliphatic rings. The molecule has 5 heteroatoms. The molecule has 2 heterocycles. The number of hydrogen-bond acceptors (Lipinski definition) is 2. The quantitative estimate of drug-likeness (QED) is 0.731. The number of piperazine rings is 1. The molecular weight excluding hydrogens is 324 g/mol. The largest absolute Gasteiger partial charge is 0.367 e. The van der Waals surface area contributed by atoms with Crippen molar-refractivity contribution in [2.24, 2.45) is 0 Å². The molecule has 2 amide bonds. The number of anilines is 2. The van der Waals surface area contributed by atoms with E-state index < -0.39 is 0 Å². The predicted molar refractivity (Wildman–Crippen MR) is 107 cm³/mol. The summed E-state index contributed by atoms with van der Waals surface area (Å²) in [6, 6.07) is 14.5.